The van der Waals surface area contributed by atoms with E-state index in [2.05, 4.69) is 5.32 Å². The summed E-state index contributed by atoms with van der Waals surface area (Å²) in [4.78, 5) is 13.3. The van der Waals surface area contributed by atoms with Gasteiger partial charge in [-0.1, -0.05) is 80.1 Å². The Bertz CT molecular complexity index is 1000. The van der Waals surface area contributed by atoms with Gasteiger partial charge in [-0.2, -0.15) is 4.31 Å². The first-order valence-corrected chi connectivity index (χ1v) is 13.6. The third kappa shape index (κ3) is 7.15. The fourth-order valence-corrected chi connectivity index (χ4v) is 6.73. The summed E-state index contributed by atoms with van der Waals surface area (Å²) in [5, 5.41) is 3.13. The fourth-order valence-electron chi connectivity index (χ4n) is 4.92. The summed E-state index contributed by atoms with van der Waals surface area (Å²) in [7, 11) is -3.83. The van der Waals surface area contributed by atoms with E-state index in [4.69, 9.17) is 0 Å². The van der Waals surface area contributed by atoms with Gasteiger partial charge in [0, 0.05) is 12.6 Å². The van der Waals surface area contributed by atoms with Crippen LogP contribution in [0.5, 0.6) is 0 Å². The average Bonchev–Trinajstić information content (AvgIpc) is 2.72. The second-order valence-corrected chi connectivity index (χ2v) is 11.3. The van der Waals surface area contributed by atoms with Gasteiger partial charge in [0.1, 0.15) is 0 Å². The van der Waals surface area contributed by atoms with Crippen molar-refractivity contribution in [2.24, 2.45) is 0 Å². The van der Waals surface area contributed by atoms with Crippen LogP contribution >= 0.6 is 0 Å². The Labute approximate surface area is 199 Å². The van der Waals surface area contributed by atoms with E-state index in [1.807, 2.05) is 63.2 Å². The molecule has 1 amide bonds. The highest BCUT2D eigenvalue weighted by atomic mass is 32.2. The van der Waals surface area contributed by atoms with Crippen LogP contribution in [-0.2, 0) is 21.2 Å². The summed E-state index contributed by atoms with van der Waals surface area (Å²) in [5.41, 5.74) is 3.52. The van der Waals surface area contributed by atoms with E-state index in [0.29, 0.717) is 11.3 Å². The lowest BCUT2D eigenvalue weighted by molar-refractivity contribution is -0.122. The molecule has 0 aromatic heterocycles. The second-order valence-electron chi connectivity index (χ2n) is 9.41. The zero-order valence-electron chi connectivity index (χ0n) is 20.3. The van der Waals surface area contributed by atoms with E-state index in [1.54, 1.807) is 0 Å². The minimum absolute atomic E-state index is 0.138. The minimum Gasteiger partial charge on any atom is -0.352 e. The van der Waals surface area contributed by atoms with Crippen molar-refractivity contribution in [3.63, 3.8) is 0 Å². The molecule has 0 atom stereocenters. The predicted molar refractivity (Wildman–Crippen MR) is 134 cm³/mol. The third-order valence-corrected chi connectivity index (χ3v) is 8.64. The topological polar surface area (TPSA) is 66.5 Å². The molecule has 1 fully saturated rings. The summed E-state index contributed by atoms with van der Waals surface area (Å²) in [6.07, 6.45) is 8.40. The number of aryl methyl sites for hydroxylation is 3. The molecule has 1 aliphatic rings. The van der Waals surface area contributed by atoms with Crippen molar-refractivity contribution in [2.45, 2.75) is 83.1 Å². The van der Waals surface area contributed by atoms with E-state index in [1.165, 1.54) is 23.6 Å². The number of carbonyl (C=O) groups is 1. The first-order valence-electron chi connectivity index (χ1n) is 12.2. The maximum atomic E-state index is 13.8. The van der Waals surface area contributed by atoms with Crippen molar-refractivity contribution in [1.29, 1.82) is 0 Å². The lowest BCUT2D eigenvalue weighted by Gasteiger charge is -2.26. The van der Waals surface area contributed by atoms with Crippen molar-refractivity contribution in [3.8, 4) is 0 Å². The Morgan fingerprint density at radius 2 is 1.52 bits per heavy atom. The molecule has 1 saturated carbocycles. The van der Waals surface area contributed by atoms with Gasteiger partial charge in [0.2, 0.25) is 15.9 Å². The number of benzene rings is 2. The maximum Gasteiger partial charge on any atom is 0.244 e. The molecule has 0 radical (unpaired) electrons. The summed E-state index contributed by atoms with van der Waals surface area (Å²) in [6, 6.07) is 13.7. The Hall–Kier alpha value is -2.18. The van der Waals surface area contributed by atoms with Crippen LogP contribution in [0.15, 0.2) is 47.4 Å². The van der Waals surface area contributed by atoms with Crippen LogP contribution in [-0.4, -0.2) is 37.8 Å². The van der Waals surface area contributed by atoms with Crippen LogP contribution < -0.4 is 5.32 Å². The number of nitrogens with one attached hydrogen (secondary N) is 1. The van der Waals surface area contributed by atoms with Gasteiger partial charge in [0.25, 0.3) is 0 Å². The Balaban J connectivity index is 1.81. The molecule has 0 unspecified atom stereocenters. The molecule has 0 bridgehead atoms. The number of amides is 1. The van der Waals surface area contributed by atoms with Crippen molar-refractivity contribution < 1.29 is 13.2 Å². The van der Waals surface area contributed by atoms with Crippen LogP contribution in [0.25, 0.3) is 0 Å². The molecule has 3 rings (SSSR count). The number of sulfonamides is 1. The van der Waals surface area contributed by atoms with Crippen LogP contribution in [0.4, 0.5) is 0 Å². The average molecular weight is 471 g/mol. The molecule has 0 heterocycles. The highest BCUT2D eigenvalue weighted by Crippen LogP contribution is 2.26. The first-order chi connectivity index (χ1) is 15.8. The molecule has 2 aromatic rings. The van der Waals surface area contributed by atoms with Crippen LogP contribution in [0.2, 0.25) is 0 Å². The van der Waals surface area contributed by atoms with Crippen LogP contribution in [0, 0.1) is 20.8 Å². The molecule has 0 saturated heterocycles. The number of hydrogen-bond acceptors (Lipinski definition) is 3. The van der Waals surface area contributed by atoms with Gasteiger partial charge in [0.15, 0.2) is 0 Å². The Morgan fingerprint density at radius 3 is 2.12 bits per heavy atom. The molecule has 33 heavy (non-hydrogen) atoms. The van der Waals surface area contributed by atoms with Crippen LogP contribution in [0.3, 0.4) is 0 Å². The molecular weight excluding hydrogens is 432 g/mol. The summed E-state index contributed by atoms with van der Waals surface area (Å²) >= 11 is 0. The standard InChI is InChI=1S/C27H38N2O3S/c1-21-18-22(2)27(23(3)19-21)33(31,32)29(17-16-24-12-8-7-9-13-24)20-26(30)28-25-14-10-5-4-6-11-15-25/h7-9,12-13,18-19,25H,4-6,10-11,14-17,20H2,1-3H3,(H,28,30). The molecule has 5 nitrogen and oxygen atoms in total. The monoisotopic (exact) mass is 470 g/mol. The van der Waals surface area contributed by atoms with Gasteiger partial charge in [-0.25, -0.2) is 8.42 Å². The number of rotatable bonds is 8. The lowest BCUT2D eigenvalue weighted by Crippen LogP contribution is -2.45. The SMILES string of the molecule is Cc1cc(C)c(S(=O)(=O)N(CCc2ccccc2)CC(=O)NC2CCCCCCC2)c(C)c1. The normalized spacial score (nSPS) is 15.8. The second kappa shape index (κ2) is 11.8. The molecule has 1 aliphatic carbocycles. The number of nitrogens with zero attached hydrogens (tertiary/aromatic N) is 1. The molecule has 180 valence electrons. The smallest absolute Gasteiger partial charge is 0.244 e. The van der Waals surface area contributed by atoms with E-state index < -0.39 is 10.0 Å². The molecule has 6 heteroatoms. The molecular formula is C27H38N2O3S. The van der Waals surface area contributed by atoms with Gasteiger partial charge in [0.05, 0.1) is 11.4 Å². The molecule has 1 N–H and O–H groups in total. The van der Waals surface area contributed by atoms with E-state index >= 15 is 0 Å². The quantitative estimate of drug-likeness (QED) is 0.585. The predicted octanol–water partition coefficient (Wildman–Crippen LogP) is 5.07. The molecule has 0 aliphatic heterocycles. The van der Waals surface area contributed by atoms with Gasteiger partial charge < -0.3 is 5.32 Å². The Kier molecular flexibility index (Phi) is 9.10. The lowest BCUT2D eigenvalue weighted by atomic mass is 9.97. The van der Waals surface area contributed by atoms with Gasteiger partial charge in [-0.05, 0) is 56.7 Å². The Morgan fingerprint density at radius 1 is 0.939 bits per heavy atom. The molecule has 0 spiro atoms. The first kappa shape index (κ1) is 25.4. The van der Waals surface area contributed by atoms with Gasteiger partial charge >= 0.3 is 0 Å². The van der Waals surface area contributed by atoms with Crippen molar-refractivity contribution in [1.82, 2.24) is 9.62 Å². The minimum atomic E-state index is -3.83. The van der Waals surface area contributed by atoms with E-state index in [-0.39, 0.29) is 25.0 Å². The van der Waals surface area contributed by atoms with Gasteiger partial charge in [-0.15, -0.1) is 0 Å². The van der Waals surface area contributed by atoms with Crippen LogP contribution in [0.1, 0.15) is 67.2 Å². The summed E-state index contributed by atoms with van der Waals surface area (Å²) in [6.45, 7) is 5.73. The highest BCUT2D eigenvalue weighted by Gasteiger charge is 2.30. The fraction of sp³-hybridized carbons (Fsp3) is 0.519. The van der Waals surface area contributed by atoms with E-state index in [0.717, 1.165) is 47.9 Å². The van der Waals surface area contributed by atoms with Crippen molar-refractivity contribution in [3.05, 3.63) is 64.7 Å². The number of hydrogen-bond donors (Lipinski definition) is 1. The van der Waals surface area contributed by atoms with E-state index in [9.17, 15) is 13.2 Å². The maximum absolute atomic E-state index is 13.8. The van der Waals surface area contributed by atoms with Crippen molar-refractivity contribution >= 4 is 15.9 Å². The largest absolute Gasteiger partial charge is 0.352 e. The summed E-state index contributed by atoms with van der Waals surface area (Å²) in [5.74, 6) is -0.209. The third-order valence-electron chi connectivity index (χ3n) is 6.49. The number of carbonyl (C=O) groups excluding carboxylic acids is 1. The molecule has 2 aromatic carbocycles. The zero-order valence-corrected chi connectivity index (χ0v) is 21.1. The van der Waals surface area contributed by atoms with Gasteiger partial charge in [-0.3, -0.25) is 4.79 Å². The zero-order chi connectivity index (χ0) is 23.8. The highest BCUT2D eigenvalue weighted by molar-refractivity contribution is 7.89. The van der Waals surface area contributed by atoms with Crippen molar-refractivity contribution in [2.75, 3.05) is 13.1 Å². The summed E-state index contributed by atoms with van der Waals surface area (Å²) < 4.78 is 28.9.